The molecule has 0 saturated carbocycles. The third-order valence-electron chi connectivity index (χ3n) is 2.81. The lowest BCUT2D eigenvalue weighted by Gasteiger charge is -2.10. The first kappa shape index (κ1) is 11.6. The Kier molecular flexibility index (Phi) is 3.43. The van der Waals surface area contributed by atoms with E-state index in [2.05, 4.69) is 31.3 Å². The highest BCUT2D eigenvalue weighted by Crippen LogP contribution is 2.17. The van der Waals surface area contributed by atoms with Crippen molar-refractivity contribution in [3.63, 3.8) is 0 Å². The molecule has 0 aromatic heterocycles. The molecule has 0 unspecified atom stereocenters. The molecule has 0 heterocycles. The molecular weight excluding hydrogens is 213 g/mol. The van der Waals surface area contributed by atoms with Crippen molar-refractivity contribution in [3.8, 4) is 0 Å². The number of nitrogens with one attached hydrogen (secondary N) is 1. The van der Waals surface area contributed by atoms with Gasteiger partial charge in [-0.15, -0.1) is 0 Å². The monoisotopic (exact) mass is 229 g/mol. The van der Waals surface area contributed by atoms with E-state index in [1.54, 1.807) is 12.1 Å². The Bertz CT molecular complexity index is 520. The maximum atomic E-state index is 13.4. The molecule has 88 valence electrons. The molecule has 2 rings (SSSR count). The van der Waals surface area contributed by atoms with E-state index in [-0.39, 0.29) is 5.82 Å². The van der Waals surface area contributed by atoms with Crippen molar-refractivity contribution >= 4 is 5.69 Å². The number of hydrogen-bond donors (Lipinski definition) is 1. The van der Waals surface area contributed by atoms with Crippen LogP contribution in [0.25, 0.3) is 0 Å². The molecule has 17 heavy (non-hydrogen) atoms. The molecule has 2 aromatic carbocycles. The van der Waals surface area contributed by atoms with E-state index in [0.29, 0.717) is 12.1 Å². The van der Waals surface area contributed by atoms with E-state index in [0.717, 1.165) is 5.69 Å². The van der Waals surface area contributed by atoms with Crippen LogP contribution < -0.4 is 5.32 Å². The van der Waals surface area contributed by atoms with Crippen LogP contribution in [0.4, 0.5) is 10.1 Å². The lowest BCUT2D eigenvalue weighted by Crippen LogP contribution is -2.03. The number of benzene rings is 2. The van der Waals surface area contributed by atoms with Gasteiger partial charge < -0.3 is 5.32 Å². The maximum Gasteiger partial charge on any atom is 0.128 e. The first-order valence-electron chi connectivity index (χ1n) is 5.71. The second-order valence-electron chi connectivity index (χ2n) is 4.26. The Morgan fingerprint density at radius 1 is 1.06 bits per heavy atom. The zero-order valence-corrected chi connectivity index (χ0v) is 10.1. The normalized spacial score (nSPS) is 10.3. The predicted molar refractivity (Wildman–Crippen MR) is 69.6 cm³/mol. The van der Waals surface area contributed by atoms with Crippen LogP contribution in [0.15, 0.2) is 42.5 Å². The van der Waals surface area contributed by atoms with Gasteiger partial charge in [0, 0.05) is 17.8 Å². The van der Waals surface area contributed by atoms with Crippen LogP contribution in [-0.4, -0.2) is 0 Å². The third-order valence-corrected chi connectivity index (χ3v) is 2.81. The third kappa shape index (κ3) is 2.84. The topological polar surface area (TPSA) is 12.0 Å². The molecular formula is C15H16FN. The molecule has 2 heteroatoms. The van der Waals surface area contributed by atoms with E-state index in [1.165, 1.54) is 17.2 Å². The summed E-state index contributed by atoms with van der Waals surface area (Å²) in [5, 5.41) is 3.26. The number of halogens is 1. The fourth-order valence-corrected chi connectivity index (χ4v) is 1.84. The minimum Gasteiger partial charge on any atom is -0.381 e. The fraction of sp³-hybridized carbons (Fsp3) is 0.200. The highest BCUT2D eigenvalue weighted by Gasteiger charge is 2.02. The number of anilines is 1. The van der Waals surface area contributed by atoms with Gasteiger partial charge in [0.1, 0.15) is 5.82 Å². The van der Waals surface area contributed by atoms with Gasteiger partial charge in [-0.2, -0.15) is 0 Å². The van der Waals surface area contributed by atoms with Crippen molar-refractivity contribution in [2.45, 2.75) is 20.4 Å². The second-order valence-corrected chi connectivity index (χ2v) is 4.26. The van der Waals surface area contributed by atoms with Crippen molar-refractivity contribution in [1.82, 2.24) is 0 Å². The molecule has 0 saturated heterocycles. The lowest BCUT2D eigenvalue weighted by atomic mass is 10.1. The van der Waals surface area contributed by atoms with Gasteiger partial charge in [0.05, 0.1) is 0 Å². The summed E-state index contributed by atoms with van der Waals surface area (Å²) < 4.78 is 13.4. The molecule has 1 N–H and O–H groups in total. The fourth-order valence-electron chi connectivity index (χ4n) is 1.84. The van der Waals surface area contributed by atoms with Crippen molar-refractivity contribution in [3.05, 3.63) is 65.0 Å². The number of hydrogen-bond acceptors (Lipinski definition) is 1. The van der Waals surface area contributed by atoms with Gasteiger partial charge in [-0.1, -0.05) is 35.9 Å². The van der Waals surface area contributed by atoms with Gasteiger partial charge in [-0.3, -0.25) is 0 Å². The van der Waals surface area contributed by atoms with Gasteiger partial charge in [0.2, 0.25) is 0 Å². The van der Waals surface area contributed by atoms with E-state index in [1.807, 2.05) is 12.1 Å². The quantitative estimate of drug-likeness (QED) is 0.837. The minimum atomic E-state index is -0.162. The molecule has 0 bridgehead atoms. The summed E-state index contributed by atoms with van der Waals surface area (Å²) in [7, 11) is 0. The van der Waals surface area contributed by atoms with Crippen LogP contribution in [-0.2, 0) is 6.54 Å². The maximum absolute atomic E-state index is 13.4. The summed E-state index contributed by atoms with van der Waals surface area (Å²) in [5.74, 6) is -0.162. The van der Waals surface area contributed by atoms with Crippen LogP contribution in [0.2, 0.25) is 0 Å². The molecule has 0 aliphatic carbocycles. The average molecular weight is 229 g/mol. The standard InChI is InChI=1S/C15H16FN/c1-11-7-8-15(12(2)9-11)17-10-13-5-3-4-6-14(13)16/h3-9,17H,10H2,1-2H3. The van der Waals surface area contributed by atoms with Crippen LogP contribution in [0.3, 0.4) is 0 Å². The SMILES string of the molecule is Cc1ccc(NCc2ccccc2F)c(C)c1. The Morgan fingerprint density at radius 3 is 2.53 bits per heavy atom. The first-order valence-corrected chi connectivity index (χ1v) is 5.71. The Hall–Kier alpha value is -1.83. The molecule has 0 aliphatic heterocycles. The molecule has 2 aromatic rings. The summed E-state index contributed by atoms with van der Waals surface area (Å²) in [6.45, 7) is 4.63. The van der Waals surface area contributed by atoms with Gasteiger partial charge >= 0.3 is 0 Å². The Labute approximate surface area is 101 Å². The molecule has 1 nitrogen and oxygen atoms in total. The van der Waals surface area contributed by atoms with Crippen molar-refractivity contribution in [1.29, 1.82) is 0 Å². The van der Waals surface area contributed by atoms with Gasteiger partial charge in [-0.25, -0.2) is 4.39 Å². The largest absolute Gasteiger partial charge is 0.381 e. The highest BCUT2D eigenvalue weighted by atomic mass is 19.1. The number of aryl methyl sites for hydroxylation is 2. The summed E-state index contributed by atoms with van der Waals surface area (Å²) in [5.41, 5.74) is 4.16. The van der Waals surface area contributed by atoms with Crippen molar-refractivity contribution in [2.24, 2.45) is 0 Å². The van der Waals surface area contributed by atoms with Crippen molar-refractivity contribution in [2.75, 3.05) is 5.32 Å². The lowest BCUT2D eigenvalue weighted by molar-refractivity contribution is 0.613. The van der Waals surface area contributed by atoms with Crippen LogP contribution in [0.5, 0.6) is 0 Å². The van der Waals surface area contributed by atoms with Crippen LogP contribution >= 0.6 is 0 Å². The molecule has 0 aliphatic rings. The molecule has 0 amide bonds. The molecule has 0 spiro atoms. The number of rotatable bonds is 3. The Balaban J connectivity index is 2.10. The summed E-state index contributed by atoms with van der Waals surface area (Å²) in [6, 6.07) is 13.0. The molecule has 0 atom stereocenters. The van der Waals surface area contributed by atoms with Gasteiger partial charge in [0.25, 0.3) is 0 Å². The highest BCUT2D eigenvalue weighted by molar-refractivity contribution is 5.52. The zero-order chi connectivity index (χ0) is 12.3. The summed E-state index contributed by atoms with van der Waals surface area (Å²) in [6.07, 6.45) is 0. The zero-order valence-electron chi connectivity index (χ0n) is 10.1. The van der Waals surface area contributed by atoms with E-state index in [4.69, 9.17) is 0 Å². The van der Waals surface area contributed by atoms with E-state index < -0.39 is 0 Å². The Morgan fingerprint density at radius 2 is 1.82 bits per heavy atom. The second kappa shape index (κ2) is 5.00. The first-order chi connectivity index (χ1) is 8.16. The van der Waals surface area contributed by atoms with Gasteiger partial charge in [-0.05, 0) is 31.5 Å². The summed E-state index contributed by atoms with van der Waals surface area (Å²) >= 11 is 0. The van der Waals surface area contributed by atoms with Gasteiger partial charge in [0.15, 0.2) is 0 Å². The average Bonchev–Trinajstić information content (AvgIpc) is 2.30. The summed E-state index contributed by atoms with van der Waals surface area (Å²) in [4.78, 5) is 0. The van der Waals surface area contributed by atoms with Crippen LogP contribution in [0, 0.1) is 19.7 Å². The molecule has 0 fully saturated rings. The molecule has 0 radical (unpaired) electrons. The van der Waals surface area contributed by atoms with Crippen molar-refractivity contribution < 1.29 is 4.39 Å². The minimum absolute atomic E-state index is 0.162. The van der Waals surface area contributed by atoms with Crippen LogP contribution in [0.1, 0.15) is 16.7 Å². The van der Waals surface area contributed by atoms with E-state index >= 15 is 0 Å². The van der Waals surface area contributed by atoms with E-state index in [9.17, 15) is 4.39 Å². The predicted octanol–water partition coefficient (Wildman–Crippen LogP) is 4.05. The smallest absolute Gasteiger partial charge is 0.128 e.